The topological polar surface area (TPSA) is 24.9 Å². The van der Waals surface area contributed by atoms with Gasteiger partial charge in [-0.25, -0.2) is 4.39 Å². The summed E-state index contributed by atoms with van der Waals surface area (Å²) in [6.07, 6.45) is 2.70. The van der Waals surface area contributed by atoms with E-state index in [1.807, 2.05) is 0 Å². The smallest absolute Gasteiger partial charge is 0.143 e. The Hall–Kier alpha value is -1.03. The summed E-state index contributed by atoms with van der Waals surface area (Å²) < 4.78 is 15.3. The molecule has 0 saturated carbocycles. The van der Waals surface area contributed by atoms with E-state index in [-0.39, 0.29) is 5.82 Å². The third-order valence-corrected chi connectivity index (χ3v) is 1.49. The Bertz CT molecular complexity index is 252. The molecule has 0 saturated heterocycles. The van der Waals surface area contributed by atoms with Crippen LogP contribution < -0.4 is 4.72 Å². The van der Waals surface area contributed by atoms with E-state index in [4.69, 9.17) is 0 Å². The first-order chi connectivity index (χ1) is 5.33. The number of pyridine rings is 1. The molecule has 0 spiro atoms. The Kier molecular flexibility index (Phi) is 2.92. The van der Waals surface area contributed by atoms with E-state index < -0.39 is 0 Å². The van der Waals surface area contributed by atoms with Gasteiger partial charge in [0, 0.05) is 6.07 Å². The lowest BCUT2D eigenvalue weighted by Gasteiger charge is -1.99. The van der Waals surface area contributed by atoms with Crippen LogP contribution >= 0.6 is 11.9 Å². The number of anilines is 1. The molecule has 0 amide bonds. The summed E-state index contributed by atoms with van der Waals surface area (Å²) in [6.45, 7) is 3.48. The van der Waals surface area contributed by atoms with Crippen LogP contribution in [-0.2, 0) is 0 Å². The molecule has 58 valence electrons. The van der Waals surface area contributed by atoms with E-state index >= 15 is 0 Å². The summed E-state index contributed by atoms with van der Waals surface area (Å²) >= 11 is 1.28. The van der Waals surface area contributed by atoms with Gasteiger partial charge in [0.25, 0.3) is 0 Å². The van der Waals surface area contributed by atoms with Crippen molar-refractivity contribution in [1.29, 1.82) is 0 Å². The summed E-state index contributed by atoms with van der Waals surface area (Å²) in [4.78, 5) is 3.65. The molecule has 0 fully saturated rings. The van der Waals surface area contributed by atoms with E-state index in [0.717, 1.165) is 6.20 Å². The quantitative estimate of drug-likeness (QED) is 0.705. The highest BCUT2D eigenvalue weighted by Crippen LogP contribution is 2.11. The minimum atomic E-state index is -0.348. The molecule has 1 heterocycles. The standard InChI is InChI=1S/C7H7FN2S/c1-2-11-10-7-3-6(8)4-9-5-7/h2-5,10H,1H2. The molecular weight excluding hydrogens is 163 g/mol. The maximum absolute atomic E-state index is 12.5. The second-order valence-electron chi connectivity index (χ2n) is 1.78. The molecule has 0 aliphatic heterocycles. The Morgan fingerprint density at radius 2 is 2.45 bits per heavy atom. The number of aromatic nitrogens is 1. The van der Waals surface area contributed by atoms with Crippen molar-refractivity contribution in [3.63, 3.8) is 0 Å². The van der Waals surface area contributed by atoms with Gasteiger partial charge in [-0.05, 0) is 17.4 Å². The molecule has 1 aromatic heterocycles. The van der Waals surface area contributed by atoms with Crippen LogP contribution in [0, 0.1) is 5.82 Å². The molecule has 11 heavy (non-hydrogen) atoms. The molecule has 2 nitrogen and oxygen atoms in total. The zero-order chi connectivity index (χ0) is 8.10. The zero-order valence-corrected chi connectivity index (χ0v) is 6.57. The third-order valence-electron chi connectivity index (χ3n) is 0.965. The van der Waals surface area contributed by atoms with Crippen molar-refractivity contribution in [2.24, 2.45) is 0 Å². The van der Waals surface area contributed by atoms with Crippen LogP contribution in [0.1, 0.15) is 0 Å². The van der Waals surface area contributed by atoms with Gasteiger partial charge >= 0.3 is 0 Å². The molecule has 0 radical (unpaired) electrons. The number of hydrogen-bond donors (Lipinski definition) is 1. The lowest BCUT2D eigenvalue weighted by Crippen LogP contribution is -1.86. The maximum atomic E-state index is 12.5. The van der Waals surface area contributed by atoms with Crippen LogP contribution in [0.5, 0.6) is 0 Å². The van der Waals surface area contributed by atoms with E-state index in [1.165, 1.54) is 18.0 Å². The predicted octanol–water partition coefficient (Wildman–Crippen LogP) is 2.42. The fourth-order valence-electron chi connectivity index (χ4n) is 0.577. The van der Waals surface area contributed by atoms with Crippen LogP contribution in [-0.4, -0.2) is 4.98 Å². The van der Waals surface area contributed by atoms with Gasteiger partial charge in [-0.1, -0.05) is 6.58 Å². The van der Waals surface area contributed by atoms with Crippen molar-refractivity contribution in [2.75, 3.05) is 4.72 Å². The van der Waals surface area contributed by atoms with Crippen molar-refractivity contribution < 1.29 is 4.39 Å². The van der Waals surface area contributed by atoms with Gasteiger partial charge in [0.05, 0.1) is 18.1 Å². The van der Waals surface area contributed by atoms with Crippen molar-refractivity contribution in [2.45, 2.75) is 0 Å². The van der Waals surface area contributed by atoms with Crippen molar-refractivity contribution in [3.8, 4) is 0 Å². The summed E-state index contributed by atoms with van der Waals surface area (Å²) in [7, 11) is 0. The maximum Gasteiger partial charge on any atom is 0.143 e. The summed E-state index contributed by atoms with van der Waals surface area (Å²) in [5, 5.41) is 1.62. The number of halogens is 1. The van der Waals surface area contributed by atoms with E-state index in [2.05, 4.69) is 16.3 Å². The molecule has 0 atom stereocenters. The van der Waals surface area contributed by atoms with Gasteiger partial charge in [0.15, 0.2) is 0 Å². The van der Waals surface area contributed by atoms with Crippen LogP contribution in [0.4, 0.5) is 10.1 Å². The second-order valence-corrected chi connectivity index (χ2v) is 2.55. The number of nitrogens with zero attached hydrogens (tertiary/aromatic N) is 1. The Balaban J connectivity index is 2.63. The molecule has 0 bridgehead atoms. The average Bonchev–Trinajstić information content (AvgIpc) is 2.01. The van der Waals surface area contributed by atoms with Gasteiger partial charge in [-0.3, -0.25) is 4.98 Å². The Labute approximate surface area is 68.7 Å². The van der Waals surface area contributed by atoms with Crippen LogP contribution in [0.3, 0.4) is 0 Å². The van der Waals surface area contributed by atoms with Crippen molar-refractivity contribution in [1.82, 2.24) is 4.98 Å². The summed E-state index contributed by atoms with van der Waals surface area (Å²) in [5.74, 6) is -0.348. The molecule has 0 aliphatic carbocycles. The van der Waals surface area contributed by atoms with E-state index in [0.29, 0.717) is 5.69 Å². The minimum absolute atomic E-state index is 0.348. The number of nitrogens with one attached hydrogen (secondary N) is 1. The molecule has 0 unspecified atom stereocenters. The first-order valence-corrected chi connectivity index (χ1v) is 3.84. The van der Waals surface area contributed by atoms with Gasteiger partial charge in [0.2, 0.25) is 0 Å². The van der Waals surface area contributed by atoms with Crippen LogP contribution in [0.25, 0.3) is 0 Å². The summed E-state index contributed by atoms with van der Waals surface area (Å²) in [5.41, 5.74) is 0.634. The molecule has 0 aromatic carbocycles. The van der Waals surface area contributed by atoms with Crippen LogP contribution in [0.2, 0.25) is 0 Å². The molecule has 1 N–H and O–H groups in total. The van der Waals surface area contributed by atoms with Gasteiger partial charge in [0.1, 0.15) is 5.82 Å². The Morgan fingerprint density at radius 1 is 1.64 bits per heavy atom. The lowest BCUT2D eigenvalue weighted by atomic mass is 10.4. The molecular formula is C7H7FN2S. The molecule has 0 aliphatic rings. The molecule has 1 rings (SSSR count). The fourth-order valence-corrected chi connectivity index (χ4v) is 0.908. The third kappa shape index (κ3) is 2.59. The van der Waals surface area contributed by atoms with E-state index in [9.17, 15) is 4.39 Å². The monoisotopic (exact) mass is 170 g/mol. The van der Waals surface area contributed by atoms with Crippen LogP contribution in [0.15, 0.2) is 30.4 Å². The average molecular weight is 170 g/mol. The highest BCUT2D eigenvalue weighted by atomic mass is 32.2. The first kappa shape index (κ1) is 8.07. The fraction of sp³-hybridized carbons (Fsp3) is 0. The van der Waals surface area contributed by atoms with Gasteiger partial charge in [-0.15, -0.1) is 0 Å². The first-order valence-electron chi connectivity index (χ1n) is 2.96. The van der Waals surface area contributed by atoms with E-state index in [1.54, 1.807) is 11.6 Å². The zero-order valence-electron chi connectivity index (χ0n) is 5.75. The minimum Gasteiger partial charge on any atom is -0.325 e. The highest BCUT2D eigenvalue weighted by Gasteiger charge is 1.92. The predicted molar refractivity (Wildman–Crippen MR) is 45.6 cm³/mol. The van der Waals surface area contributed by atoms with Gasteiger partial charge < -0.3 is 4.72 Å². The number of hydrogen-bond acceptors (Lipinski definition) is 3. The molecule has 4 heteroatoms. The Morgan fingerprint density at radius 3 is 3.09 bits per heavy atom. The SMILES string of the molecule is C=CSNc1cncc(F)c1. The molecule has 1 aromatic rings. The lowest BCUT2D eigenvalue weighted by molar-refractivity contribution is 0.622. The largest absolute Gasteiger partial charge is 0.325 e. The number of rotatable bonds is 3. The van der Waals surface area contributed by atoms with Crippen molar-refractivity contribution >= 4 is 17.6 Å². The van der Waals surface area contributed by atoms with Gasteiger partial charge in [-0.2, -0.15) is 0 Å². The second kappa shape index (κ2) is 3.98. The van der Waals surface area contributed by atoms with Crippen molar-refractivity contribution in [3.05, 3.63) is 36.3 Å². The summed E-state index contributed by atoms with van der Waals surface area (Å²) in [6, 6.07) is 1.36. The normalized spacial score (nSPS) is 9.18. The highest BCUT2D eigenvalue weighted by molar-refractivity contribution is 8.03.